The molecule has 0 atom stereocenters. The van der Waals surface area contributed by atoms with E-state index in [0.29, 0.717) is 24.4 Å². The van der Waals surface area contributed by atoms with Gasteiger partial charge in [-0.1, -0.05) is 36.4 Å². The van der Waals surface area contributed by atoms with Gasteiger partial charge in [0.25, 0.3) is 5.91 Å². The fourth-order valence-electron chi connectivity index (χ4n) is 2.34. The summed E-state index contributed by atoms with van der Waals surface area (Å²) in [7, 11) is 0. The molecule has 0 spiro atoms. The zero-order valence-electron chi connectivity index (χ0n) is 14.0. The smallest absolute Gasteiger partial charge is 0.258 e. The van der Waals surface area contributed by atoms with Gasteiger partial charge in [0.15, 0.2) is 6.61 Å². The maximum absolute atomic E-state index is 11.9. The maximum Gasteiger partial charge on any atom is 0.258 e. The Balaban J connectivity index is 1.46. The maximum atomic E-state index is 11.9. The zero-order valence-corrected chi connectivity index (χ0v) is 14.0. The van der Waals surface area contributed by atoms with E-state index in [1.54, 1.807) is 35.3 Å². The minimum atomic E-state index is -0.246. The molecule has 0 aliphatic heterocycles. The second-order valence-electron chi connectivity index (χ2n) is 5.58. The Morgan fingerprint density at radius 2 is 1.92 bits per heavy atom. The number of hydrogen-bond donors (Lipinski definition) is 1. The number of nitriles is 1. The van der Waals surface area contributed by atoms with E-state index in [2.05, 4.69) is 15.4 Å². The van der Waals surface area contributed by atoms with Crippen LogP contribution in [0.25, 0.3) is 0 Å². The molecule has 1 aromatic heterocycles. The first-order valence-electron chi connectivity index (χ1n) is 8.03. The Kier molecular flexibility index (Phi) is 5.58. The predicted molar refractivity (Wildman–Crippen MR) is 94.1 cm³/mol. The Labute approximate surface area is 150 Å². The molecule has 1 heterocycles. The topological polar surface area (TPSA) is 92.8 Å². The predicted octanol–water partition coefficient (Wildman–Crippen LogP) is 1.89. The minimum Gasteiger partial charge on any atom is -0.482 e. The van der Waals surface area contributed by atoms with E-state index in [1.807, 2.05) is 30.3 Å². The number of hydrogen-bond acceptors (Lipinski definition) is 5. The molecule has 1 N–H and O–H groups in total. The highest BCUT2D eigenvalue weighted by atomic mass is 16.5. The number of para-hydroxylation sites is 1. The molecule has 3 rings (SSSR count). The molecule has 0 aliphatic carbocycles. The lowest BCUT2D eigenvalue weighted by molar-refractivity contribution is -0.123. The highest BCUT2D eigenvalue weighted by Gasteiger charge is 2.06. The number of benzene rings is 2. The van der Waals surface area contributed by atoms with Crippen LogP contribution in [0.4, 0.5) is 0 Å². The number of nitrogens with zero attached hydrogens (tertiary/aromatic N) is 4. The molecule has 0 aliphatic rings. The number of amides is 1. The van der Waals surface area contributed by atoms with Crippen molar-refractivity contribution in [2.75, 3.05) is 6.61 Å². The molecule has 0 bridgehead atoms. The number of carbonyl (C=O) groups is 1. The van der Waals surface area contributed by atoms with Crippen LogP contribution < -0.4 is 10.1 Å². The van der Waals surface area contributed by atoms with Gasteiger partial charge in [0.2, 0.25) is 0 Å². The first-order chi connectivity index (χ1) is 12.7. The third kappa shape index (κ3) is 4.68. The SMILES string of the molecule is N#Cc1ccccc1OCC(=O)NCc1ccc(Cn2cncn2)cc1. The second kappa shape index (κ2) is 8.44. The van der Waals surface area contributed by atoms with Gasteiger partial charge in [-0.15, -0.1) is 0 Å². The van der Waals surface area contributed by atoms with Crippen LogP contribution in [0.2, 0.25) is 0 Å². The highest BCUT2D eigenvalue weighted by Crippen LogP contribution is 2.16. The molecule has 26 heavy (non-hydrogen) atoms. The van der Waals surface area contributed by atoms with Gasteiger partial charge < -0.3 is 10.1 Å². The fraction of sp³-hybridized carbons (Fsp3) is 0.158. The molecule has 0 unspecified atom stereocenters. The molecule has 0 fully saturated rings. The van der Waals surface area contributed by atoms with E-state index >= 15 is 0 Å². The number of nitrogens with one attached hydrogen (secondary N) is 1. The lowest BCUT2D eigenvalue weighted by Gasteiger charge is -2.09. The summed E-state index contributed by atoms with van der Waals surface area (Å²) in [5, 5.41) is 15.9. The Bertz CT molecular complexity index is 898. The lowest BCUT2D eigenvalue weighted by Crippen LogP contribution is -2.28. The molecule has 7 nitrogen and oxygen atoms in total. The standard InChI is InChI=1S/C19H17N5O2/c20-9-17-3-1-2-4-18(17)26-12-19(25)22-10-15-5-7-16(8-6-15)11-24-14-21-13-23-24/h1-8,13-14H,10-12H2,(H,22,25). The molecule has 0 saturated heterocycles. The summed E-state index contributed by atoms with van der Waals surface area (Å²) < 4.78 is 7.15. The van der Waals surface area contributed by atoms with Crippen LogP contribution in [0.3, 0.4) is 0 Å². The minimum absolute atomic E-state index is 0.136. The number of ether oxygens (including phenoxy) is 1. The summed E-state index contributed by atoms with van der Waals surface area (Å²) in [6, 6.07) is 16.7. The van der Waals surface area contributed by atoms with E-state index in [9.17, 15) is 4.79 Å². The van der Waals surface area contributed by atoms with Crippen molar-refractivity contribution < 1.29 is 9.53 Å². The average molecular weight is 347 g/mol. The highest BCUT2D eigenvalue weighted by molar-refractivity contribution is 5.77. The van der Waals surface area contributed by atoms with Crippen LogP contribution in [-0.4, -0.2) is 27.3 Å². The third-order valence-corrected chi connectivity index (χ3v) is 3.69. The van der Waals surface area contributed by atoms with Crippen molar-refractivity contribution in [1.82, 2.24) is 20.1 Å². The summed E-state index contributed by atoms with van der Waals surface area (Å²) in [5.41, 5.74) is 2.49. The summed E-state index contributed by atoms with van der Waals surface area (Å²) in [4.78, 5) is 15.8. The van der Waals surface area contributed by atoms with Gasteiger partial charge in [-0.05, 0) is 23.3 Å². The largest absolute Gasteiger partial charge is 0.482 e. The molecule has 130 valence electrons. The summed E-state index contributed by atoms with van der Waals surface area (Å²) in [6.45, 7) is 0.924. The summed E-state index contributed by atoms with van der Waals surface area (Å²) >= 11 is 0. The van der Waals surface area contributed by atoms with Gasteiger partial charge in [0.1, 0.15) is 24.5 Å². The van der Waals surface area contributed by atoms with Crippen LogP contribution in [0.5, 0.6) is 5.75 Å². The molecule has 0 saturated carbocycles. The van der Waals surface area contributed by atoms with Crippen molar-refractivity contribution in [3.63, 3.8) is 0 Å². The number of rotatable bonds is 7. The molecule has 3 aromatic rings. The molecule has 1 amide bonds. The summed E-state index contributed by atoms with van der Waals surface area (Å²) in [5.74, 6) is 0.159. The van der Waals surface area contributed by atoms with Crippen molar-refractivity contribution in [1.29, 1.82) is 5.26 Å². The Morgan fingerprint density at radius 1 is 1.15 bits per heavy atom. The Hall–Kier alpha value is -3.66. The Morgan fingerprint density at radius 3 is 2.65 bits per heavy atom. The van der Waals surface area contributed by atoms with Gasteiger partial charge in [-0.25, -0.2) is 9.67 Å². The monoisotopic (exact) mass is 347 g/mol. The van der Waals surface area contributed by atoms with Crippen molar-refractivity contribution in [3.05, 3.63) is 77.9 Å². The van der Waals surface area contributed by atoms with Crippen LogP contribution in [0, 0.1) is 11.3 Å². The normalized spacial score (nSPS) is 10.1. The molecular weight excluding hydrogens is 330 g/mol. The van der Waals surface area contributed by atoms with E-state index in [-0.39, 0.29) is 12.5 Å². The van der Waals surface area contributed by atoms with Crippen molar-refractivity contribution in [2.45, 2.75) is 13.1 Å². The van der Waals surface area contributed by atoms with E-state index in [1.165, 1.54) is 6.33 Å². The molecule has 2 aromatic carbocycles. The first-order valence-corrected chi connectivity index (χ1v) is 8.03. The van der Waals surface area contributed by atoms with Crippen molar-refractivity contribution in [3.8, 4) is 11.8 Å². The van der Waals surface area contributed by atoms with Gasteiger partial charge in [-0.2, -0.15) is 10.4 Å². The fourth-order valence-corrected chi connectivity index (χ4v) is 2.34. The van der Waals surface area contributed by atoms with Crippen molar-refractivity contribution >= 4 is 5.91 Å². The van der Waals surface area contributed by atoms with E-state index in [0.717, 1.165) is 11.1 Å². The third-order valence-electron chi connectivity index (χ3n) is 3.69. The second-order valence-corrected chi connectivity index (χ2v) is 5.58. The van der Waals surface area contributed by atoms with Crippen LogP contribution >= 0.6 is 0 Å². The van der Waals surface area contributed by atoms with Gasteiger partial charge in [-0.3, -0.25) is 4.79 Å². The van der Waals surface area contributed by atoms with Crippen LogP contribution in [-0.2, 0) is 17.9 Å². The molecular formula is C19H17N5O2. The van der Waals surface area contributed by atoms with Crippen LogP contribution in [0.15, 0.2) is 61.2 Å². The average Bonchev–Trinajstić information content (AvgIpc) is 3.19. The molecule has 0 radical (unpaired) electrons. The zero-order chi connectivity index (χ0) is 18.2. The summed E-state index contributed by atoms with van der Waals surface area (Å²) in [6.07, 6.45) is 3.17. The van der Waals surface area contributed by atoms with Crippen LogP contribution in [0.1, 0.15) is 16.7 Å². The van der Waals surface area contributed by atoms with Crippen molar-refractivity contribution in [2.24, 2.45) is 0 Å². The molecule has 7 heteroatoms. The lowest BCUT2D eigenvalue weighted by atomic mass is 10.1. The quantitative estimate of drug-likeness (QED) is 0.704. The van der Waals surface area contributed by atoms with Gasteiger partial charge >= 0.3 is 0 Å². The number of aromatic nitrogens is 3. The van der Waals surface area contributed by atoms with Gasteiger partial charge in [0.05, 0.1) is 12.1 Å². The van der Waals surface area contributed by atoms with E-state index < -0.39 is 0 Å². The van der Waals surface area contributed by atoms with E-state index in [4.69, 9.17) is 10.00 Å². The first kappa shape index (κ1) is 17.2. The van der Waals surface area contributed by atoms with Gasteiger partial charge in [0, 0.05) is 6.54 Å². The number of carbonyl (C=O) groups excluding carboxylic acids is 1.